The fraction of sp³-hybridized carbons (Fsp3) is 1.00. The van der Waals surface area contributed by atoms with Gasteiger partial charge in [0.05, 0.1) is 0 Å². The van der Waals surface area contributed by atoms with Crippen molar-refractivity contribution >= 4 is 9.04 Å². The molecule has 0 rings (SSSR count). The van der Waals surface area contributed by atoms with Crippen LogP contribution in [0.3, 0.4) is 0 Å². The highest BCUT2D eigenvalue weighted by molar-refractivity contribution is 6.55. The molecule has 0 N–H and O–H groups in total. The molecule has 0 saturated carbocycles. The molecule has 0 aliphatic rings. The SMILES string of the molecule is CCCCOCO[Si](CC)C(C)(C)C. The molecule has 0 fully saturated rings. The Hall–Kier alpha value is 0.137. The van der Waals surface area contributed by atoms with Crippen LogP contribution in [0.4, 0.5) is 0 Å². The van der Waals surface area contributed by atoms with E-state index in [9.17, 15) is 0 Å². The molecular formula is C11H25O2Si. The van der Waals surface area contributed by atoms with Crippen LogP contribution in [0, 0.1) is 0 Å². The van der Waals surface area contributed by atoms with E-state index in [-0.39, 0.29) is 0 Å². The summed E-state index contributed by atoms with van der Waals surface area (Å²) in [6.07, 6.45) is 2.32. The van der Waals surface area contributed by atoms with Gasteiger partial charge in [0.1, 0.15) is 6.79 Å². The quantitative estimate of drug-likeness (QED) is 0.368. The van der Waals surface area contributed by atoms with E-state index >= 15 is 0 Å². The average Bonchev–Trinajstić information content (AvgIpc) is 2.09. The highest BCUT2D eigenvalue weighted by Crippen LogP contribution is 2.29. The molecule has 0 bridgehead atoms. The smallest absolute Gasteiger partial charge is 0.219 e. The molecule has 0 aromatic heterocycles. The zero-order valence-electron chi connectivity index (χ0n) is 10.4. The Labute approximate surface area is 90.7 Å². The van der Waals surface area contributed by atoms with Crippen molar-refractivity contribution < 1.29 is 9.16 Å². The Morgan fingerprint density at radius 2 is 1.79 bits per heavy atom. The third-order valence-electron chi connectivity index (χ3n) is 2.12. The van der Waals surface area contributed by atoms with Gasteiger partial charge in [-0.05, 0) is 17.5 Å². The predicted octanol–water partition coefficient (Wildman–Crippen LogP) is 3.59. The summed E-state index contributed by atoms with van der Waals surface area (Å²) in [5.74, 6) is 0. The van der Waals surface area contributed by atoms with Crippen molar-refractivity contribution in [1.29, 1.82) is 0 Å². The summed E-state index contributed by atoms with van der Waals surface area (Å²) in [7, 11) is -0.712. The van der Waals surface area contributed by atoms with Gasteiger partial charge in [0.25, 0.3) is 0 Å². The van der Waals surface area contributed by atoms with Crippen LogP contribution in [0.1, 0.15) is 47.5 Å². The van der Waals surface area contributed by atoms with E-state index in [0.29, 0.717) is 11.8 Å². The first kappa shape index (κ1) is 14.1. The van der Waals surface area contributed by atoms with E-state index < -0.39 is 9.04 Å². The van der Waals surface area contributed by atoms with E-state index in [0.717, 1.165) is 19.1 Å². The average molecular weight is 217 g/mol. The first-order valence-electron chi connectivity index (χ1n) is 5.59. The van der Waals surface area contributed by atoms with Crippen LogP contribution >= 0.6 is 0 Å². The third kappa shape index (κ3) is 6.57. The molecule has 0 spiro atoms. The molecule has 3 heteroatoms. The number of rotatable bonds is 7. The molecule has 0 heterocycles. The lowest BCUT2D eigenvalue weighted by atomic mass is 10.3. The molecule has 0 amide bonds. The largest absolute Gasteiger partial charge is 0.394 e. The fourth-order valence-electron chi connectivity index (χ4n) is 1.27. The second-order valence-corrected chi connectivity index (χ2v) is 7.89. The van der Waals surface area contributed by atoms with E-state index in [1.807, 2.05) is 0 Å². The second-order valence-electron chi connectivity index (χ2n) is 4.55. The van der Waals surface area contributed by atoms with Crippen molar-refractivity contribution in [3.8, 4) is 0 Å². The van der Waals surface area contributed by atoms with Crippen LogP contribution in [-0.4, -0.2) is 22.4 Å². The monoisotopic (exact) mass is 217 g/mol. The van der Waals surface area contributed by atoms with Gasteiger partial charge in [-0.25, -0.2) is 0 Å². The van der Waals surface area contributed by atoms with Crippen molar-refractivity contribution in [2.75, 3.05) is 13.4 Å². The molecule has 0 atom stereocenters. The van der Waals surface area contributed by atoms with Gasteiger partial charge in [-0.3, -0.25) is 0 Å². The minimum Gasteiger partial charge on any atom is -0.394 e. The third-order valence-corrected chi connectivity index (χ3v) is 4.90. The highest BCUT2D eigenvalue weighted by Gasteiger charge is 2.26. The second kappa shape index (κ2) is 7.43. The summed E-state index contributed by atoms with van der Waals surface area (Å²) in [5, 5.41) is 0.313. The Bertz CT molecular complexity index is 132. The predicted molar refractivity (Wildman–Crippen MR) is 62.8 cm³/mol. The van der Waals surface area contributed by atoms with Crippen molar-refractivity contribution in [1.82, 2.24) is 0 Å². The molecule has 0 aromatic rings. The van der Waals surface area contributed by atoms with Gasteiger partial charge < -0.3 is 9.16 Å². The topological polar surface area (TPSA) is 18.5 Å². The molecule has 2 nitrogen and oxygen atoms in total. The van der Waals surface area contributed by atoms with E-state index in [4.69, 9.17) is 9.16 Å². The van der Waals surface area contributed by atoms with Crippen LogP contribution in [0.5, 0.6) is 0 Å². The molecule has 14 heavy (non-hydrogen) atoms. The van der Waals surface area contributed by atoms with Gasteiger partial charge in [0, 0.05) is 6.61 Å². The minimum absolute atomic E-state index is 0.313. The Morgan fingerprint density at radius 3 is 2.21 bits per heavy atom. The Morgan fingerprint density at radius 1 is 1.14 bits per heavy atom. The van der Waals surface area contributed by atoms with E-state index in [1.165, 1.54) is 6.42 Å². The van der Waals surface area contributed by atoms with Crippen molar-refractivity contribution in [2.24, 2.45) is 0 Å². The van der Waals surface area contributed by atoms with Gasteiger partial charge in [-0.2, -0.15) is 0 Å². The van der Waals surface area contributed by atoms with Crippen molar-refractivity contribution in [3.63, 3.8) is 0 Å². The Balaban J connectivity index is 3.54. The maximum atomic E-state index is 5.78. The minimum atomic E-state index is -0.712. The zero-order chi connectivity index (χ0) is 11.0. The van der Waals surface area contributed by atoms with Gasteiger partial charge in [0.2, 0.25) is 9.04 Å². The van der Waals surface area contributed by atoms with E-state index in [2.05, 4.69) is 34.6 Å². The highest BCUT2D eigenvalue weighted by atomic mass is 28.3. The maximum Gasteiger partial charge on any atom is 0.219 e. The van der Waals surface area contributed by atoms with Gasteiger partial charge in [-0.1, -0.05) is 41.0 Å². The lowest BCUT2D eigenvalue weighted by Crippen LogP contribution is -2.29. The molecule has 0 aliphatic carbocycles. The van der Waals surface area contributed by atoms with Gasteiger partial charge in [0.15, 0.2) is 0 Å². The molecule has 85 valence electrons. The van der Waals surface area contributed by atoms with Gasteiger partial charge >= 0.3 is 0 Å². The van der Waals surface area contributed by atoms with Crippen LogP contribution < -0.4 is 0 Å². The number of ether oxygens (including phenoxy) is 1. The summed E-state index contributed by atoms with van der Waals surface area (Å²) < 4.78 is 11.2. The summed E-state index contributed by atoms with van der Waals surface area (Å²) in [4.78, 5) is 0. The number of hydrogen-bond acceptors (Lipinski definition) is 2. The van der Waals surface area contributed by atoms with Crippen LogP contribution in [-0.2, 0) is 9.16 Å². The van der Waals surface area contributed by atoms with Crippen molar-refractivity contribution in [2.45, 2.75) is 58.5 Å². The van der Waals surface area contributed by atoms with Gasteiger partial charge in [-0.15, -0.1) is 0 Å². The summed E-state index contributed by atoms with van der Waals surface area (Å²) >= 11 is 0. The Kier molecular flexibility index (Phi) is 7.50. The molecule has 0 saturated heterocycles. The zero-order valence-corrected chi connectivity index (χ0v) is 11.4. The normalized spacial score (nSPS) is 12.4. The lowest BCUT2D eigenvalue weighted by Gasteiger charge is -2.26. The molecule has 0 aliphatic heterocycles. The molecule has 0 unspecified atom stereocenters. The molecule has 0 aromatic carbocycles. The summed E-state index contributed by atoms with van der Waals surface area (Å²) in [6.45, 7) is 12.4. The number of unbranched alkanes of at least 4 members (excludes halogenated alkanes) is 1. The van der Waals surface area contributed by atoms with Crippen LogP contribution in [0.15, 0.2) is 0 Å². The van der Waals surface area contributed by atoms with E-state index in [1.54, 1.807) is 0 Å². The first-order valence-corrected chi connectivity index (χ1v) is 7.20. The van der Waals surface area contributed by atoms with Crippen LogP contribution in [0.2, 0.25) is 11.1 Å². The summed E-state index contributed by atoms with van der Waals surface area (Å²) in [6, 6.07) is 1.14. The standard InChI is InChI=1S/C11H25O2Si/c1-6-8-9-12-10-13-14(7-2)11(3,4)5/h6-10H2,1-5H3. The molecule has 1 radical (unpaired) electrons. The maximum absolute atomic E-state index is 5.78. The summed E-state index contributed by atoms with van der Waals surface area (Å²) in [5.41, 5.74) is 0. The van der Waals surface area contributed by atoms with Crippen molar-refractivity contribution in [3.05, 3.63) is 0 Å². The number of hydrogen-bond donors (Lipinski definition) is 0. The molecular weight excluding hydrogens is 192 g/mol. The lowest BCUT2D eigenvalue weighted by molar-refractivity contribution is 0.00929. The van der Waals surface area contributed by atoms with Crippen LogP contribution in [0.25, 0.3) is 0 Å². The first-order chi connectivity index (χ1) is 6.52. The fourth-order valence-corrected chi connectivity index (χ4v) is 3.19.